The number of nitrogens with zero attached hydrogens (tertiary/aromatic N) is 2. The van der Waals surface area contributed by atoms with Gasteiger partial charge in [0.25, 0.3) is 0 Å². The van der Waals surface area contributed by atoms with E-state index in [1.54, 1.807) is 7.11 Å². The van der Waals surface area contributed by atoms with E-state index in [1.807, 2.05) is 18.3 Å². The van der Waals surface area contributed by atoms with Crippen LogP contribution in [0.15, 0.2) is 54.3 Å². The van der Waals surface area contributed by atoms with Gasteiger partial charge in [0.05, 0.1) is 30.1 Å². The van der Waals surface area contributed by atoms with Gasteiger partial charge in [-0.3, -0.25) is 0 Å². The Morgan fingerprint density at radius 2 is 1.97 bits per heavy atom. The second-order valence-corrected chi connectivity index (χ2v) is 8.39. The van der Waals surface area contributed by atoms with Crippen LogP contribution >= 0.6 is 11.6 Å². The molecule has 5 rings (SSSR count). The highest BCUT2D eigenvalue weighted by atomic mass is 35.5. The summed E-state index contributed by atoms with van der Waals surface area (Å²) in [6.45, 7) is 3.02. The van der Waals surface area contributed by atoms with Gasteiger partial charge in [-0.1, -0.05) is 11.6 Å². The quantitative estimate of drug-likeness (QED) is 0.735. The molecule has 5 nitrogen and oxygen atoms in total. The Morgan fingerprint density at radius 3 is 2.72 bits per heavy atom. The number of nitrogens with one attached hydrogen (secondary N) is 1. The fraction of sp³-hybridized carbons (Fsp3) is 0.391. The van der Waals surface area contributed by atoms with Crippen molar-refractivity contribution in [1.82, 2.24) is 15.1 Å². The van der Waals surface area contributed by atoms with Crippen LogP contribution in [0.5, 0.6) is 11.5 Å². The summed E-state index contributed by atoms with van der Waals surface area (Å²) in [6.07, 6.45) is 15.7. The highest BCUT2D eigenvalue weighted by Crippen LogP contribution is 2.38. The minimum absolute atomic E-state index is 0.573. The zero-order chi connectivity index (χ0) is 19.8. The molecule has 4 aliphatic rings. The van der Waals surface area contributed by atoms with Gasteiger partial charge >= 0.3 is 0 Å². The third kappa shape index (κ3) is 3.84. The van der Waals surface area contributed by atoms with Gasteiger partial charge in [0.1, 0.15) is 11.5 Å². The molecule has 29 heavy (non-hydrogen) atoms. The molecule has 1 saturated carbocycles. The molecule has 6 heteroatoms. The number of benzene rings is 1. The highest BCUT2D eigenvalue weighted by Gasteiger charge is 2.25. The standard InChI is InChI=1S/C23H26ClN3O2/c1-28-23-12-22(29-15-16-4-5-16)19(11-20(23)24)21-14-27-9-6-17(10-18(27)13-25-21)26-7-2-3-8-26/h6,9-14,16,25H,2-5,7-8,15H2,1H3. The van der Waals surface area contributed by atoms with Gasteiger partial charge in [0.15, 0.2) is 0 Å². The summed E-state index contributed by atoms with van der Waals surface area (Å²) in [5, 5.41) is 4.01. The first-order chi connectivity index (χ1) is 14.2. The minimum Gasteiger partial charge on any atom is -0.495 e. The van der Waals surface area contributed by atoms with E-state index >= 15 is 0 Å². The number of methoxy groups -OCH3 is 1. The van der Waals surface area contributed by atoms with Crippen molar-refractivity contribution in [3.05, 3.63) is 64.9 Å². The summed E-state index contributed by atoms with van der Waals surface area (Å²) in [5.41, 5.74) is 4.30. The summed E-state index contributed by atoms with van der Waals surface area (Å²) in [5.74, 6) is 2.09. The van der Waals surface area contributed by atoms with Crippen molar-refractivity contribution >= 4 is 17.3 Å². The molecule has 0 amide bonds. The lowest BCUT2D eigenvalue weighted by molar-refractivity contribution is 0.296. The van der Waals surface area contributed by atoms with Crippen LogP contribution in [0.1, 0.15) is 31.2 Å². The largest absolute Gasteiger partial charge is 0.495 e. The highest BCUT2D eigenvalue weighted by molar-refractivity contribution is 6.32. The van der Waals surface area contributed by atoms with Crippen LogP contribution < -0.4 is 14.8 Å². The molecule has 0 unspecified atom stereocenters. The van der Waals surface area contributed by atoms with Crippen LogP contribution in [0, 0.1) is 5.92 Å². The maximum Gasteiger partial charge on any atom is 0.141 e. The number of halogens is 1. The van der Waals surface area contributed by atoms with E-state index < -0.39 is 0 Å². The van der Waals surface area contributed by atoms with Crippen LogP contribution in [-0.2, 0) is 0 Å². The van der Waals surface area contributed by atoms with Gasteiger partial charge < -0.3 is 24.6 Å². The van der Waals surface area contributed by atoms with Crippen LogP contribution in [0.4, 0.5) is 0 Å². The van der Waals surface area contributed by atoms with E-state index in [4.69, 9.17) is 21.1 Å². The van der Waals surface area contributed by atoms with Crippen LogP contribution in [0.25, 0.3) is 5.70 Å². The Balaban J connectivity index is 1.40. The van der Waals surface area contributed by atoms with E-state index in [-0.39, 0.29) is 0 Å². The van der Waals surface area contributed by atoms with Crippen molar-refractivity contribution in [3.8, 4) is 11.5 Å². The smallest absolute Gasteiger partial charge is 0.141 e. The molecular weight excluding hydrogens is 386 g/mol. The minimum atomic E-state index is 0.573. The second-order valence-electron chi connectivity index (χ2n) is 7.98. The number of fused-ring (bicyclic) bond motifs is 1. The molecule has 3 aliphatic heterocycles. The molecule has 0 spiro atoms. The molecule has 2 fully saturated rings. The number of hydrogen-bond acceptors (Lipinski definition) is 5. The molecule has 1 saturated heterocycles. The fourth-order valence-corrected chi connectivity index (χ4v) is 4.15. The molecule has 152 valence electrons. The van der Waals surface area contributed by atoms with Crippen LogP contribution in [0.3, 0.4) is 0 Å². The Labute approximate surface area is 176 Å². The lowest BCUT2D eigenvalue weighted by atomic mass is 10.1. The SMILES string of the molecule is COc1cc(OCC2CC2)c(C2=CN3C=CC(N4CCCC4)=CC3=CN2)cc1Cl. The topological polar surface area (TPSA) is 37.0 Å². The number of ether oxygens (including phenoxy) is 2. The average Bonchev–Trinajstić information content (AvgIpc) is 3.42. The summed E-state index contributed by atoms with van der Waals surface area (Å²) in [7, 11) is 1.63. The Kier molecular flexibility index (Phi) is 4.92. The van der Waals surface area contributed by atoms with Crippen molar-refractivity contribution in [3.63, 3.8) is 0 Å². The first-order valence-electron chi connectivity index (χ1n) is 10.3. The predicted octanol–water partition coefficient (Wildman–Crippen LogP) is 4.69. The maximum absolute atomic E-state index is 6.43. The summed E-state index contributed by atoms with van der Waals surface area (Å²) < 4.78 is 11.5. The Hall–Kier alpha value is -2.53. The molecule has 1 N–H and O–H groups in total. The first-order valence-corrected chi connectivity index (χ1v) is 10.7. The van der Waals surface area contributed by atoms with Crippen molar-refractivity contribution in [2.45, 2.75) is 25.7 Å². The van der Waals surface area contributed by atoms with Crippen molar-refractivity contribution in [2.75, 3.05) is 26.8 Å². The van der Waals surface area contributed by atoms with Gasteiger partial charge in [-0.25, -0.2) is 0 Å². The summed E-state index contributed by atoms with van der Waals surface area (Å²) >= 11 is 6.43. The van der Waals surface area contributed by atoms with Crippen molar-refractivity contribution in [1.29, 1.82) is 0 Å². The van der Waals surface area contributed by atoms with Crippen LogP contribution in [0.2, 0.25) is 5.02 Å². The number of hydrogen-bond donors (Lipinski definition) is 1. The molecule has 0 radical (unpaired) electrons. The predicted molar refractivity (Wildman–Crippen MR) is 115 cm³/mol. The monoisotopic (exact) mass is 411 g/mol. The lowest BCUT2D eigenvalue weighted by Crippen LogP contribution is -2.26. The van der Waals surface area contributed by atoms with Gasteiger partial charge in [0.2, 0.25) is 0 Å². The number of rotatable bonds is 6. The van der Waals surface area contributed by atoms with Gasteiger partial charge in [0, 0.05) is 49.0 Å². The van der Waals surface area contributed by atoms with Gasteiger partial charge in [-0.2, -0.15) is 0 Å². The molecule has 3 heterocycles. The number of likely N-dealkylation sites (tertiary alicyclic amines) is 1. The Morgan fingerprint density at radius 1 is 1.14 bits per heavy atom. The average molecular weight is 412 g/mol. The van der Waals surface area contributed by atoms with Crippen LogP contribution in [-0.4, -0.2) is 36.6 Å². The zero-order valence-electron chi connectivity index (χ0n) is 16.7. The van der Waals surface area contributed by atoms with Crippen molar-refractivity contribution < 1.29 is 9.47 Å². The van der Waals surface area contributed by atoms with E-state index in [0.29, 0.717) is 16.7 Å². The van der Waals surface area contributed by atoms with E-state index in [1.165, 1.54) is 31.4 Å². The molecule has 0 aromatic heterocycles. The first kappa shape index (κ1) is 18.5. The fourth-order valence-electron chi connectivity index (χ4n) is 3.91. The third-order valence-corrected chi connectivity index (χ3v) is 6.13. The molecule has 0 bridgehead atoms. The second kappa shape index (κ2) is 7.71. The molecule has 1 aromatic carbocycles. The summed E-state index contributed by atoms with van der Waals surface area (Å²) in [4.78, 5) is 4.58. The Bertz CT molecular complexity index is 924. The van der Waals surface area contributed by atoms with Gasteiger partial charge in [-0.15, -0.1) is 0 Å². The molecule has 0 atom stereocenters. The maximum atomic E-state index is 6.43. The van der Waals surface area contributed by atoms with E-state index in [0.717, 1.165) is 42.4 Å². The zero-order valence-corrected chi connectivity index (χ0v) is 17.4. The molecule has 1 aromatic rings. The van der Waals surface area contributed by atoms with E-state index in [2.05, 4.69) is 39.7 Å². The summed E-state index contributed by atoms with van der Waals surface area (Å²) in [6, 6.07) is 3.80. The molecule has 1 aliphatic carbocycles. The van der Waals surface area contributed by atoms with E-state index in [9.17, 15) is 0 Å². The third-order valence-electron chi connectivity index (χ3n) is 5.83. The van der Waals surface area contributed by atoms with Gasteiger partial charge in [-0.05, 0) is 49.8 Å². The van der Waals surface area contributed by atoms with Crippen molar-refractivity contribution in [2.24, 2.45) is 5.92 Å². The lowest BCUT2D eigenvalue weighted by Gasteiger charge is -2.30. The normalized spacial score (nSPS) is 20.6. The number of allylic oxidation sites excluding steroid dienone is 2. The molecular formula is C23H26ClN3O2.